The molecule has 0 fully saturated rings. The summed E-state index contributed by atoms with van der Waals surface area (Å²) in [6, 6.07) is 20.3. The molecule has 0 saturated heterocycles. The van der Waals surface area contributed by atoms with Gasteiger partial charge in [-0.3, -0.25) is 4.79 Å². The smallest absolute Gasteiger partial charge is 0.344 e. The summed E-state index contributed by atoms with van der Waals surface area (Å²) in [5.74, 6) is 0.884. The van der Waals surface area contributed by atoms with Crippen molar-refractivity contribution in [3.8, 4) is 11.5 Å². The third-order valence-corrected chi connectivity index (χ3v) is 4.18. The second-order valence-corrected chi connectivity index (χ2v) is 6.52. The molecule has 0 saturated carbocycles. The molecular weight excluding hydrogens is 386 g/mol. The Morgan fingerprint density at radius 1 is 0.867 bits per heavy atom. The Morgan fingerprint density at radius 2 is 1.57 bits per heavy atom. The van der Waals surface area contributed by atoms with Gasteiger partial charge in [-0.1, -0.05) is 30.3 Å². The molecule has 7 nitrogen and oxygen atoms in total. The van der Waals surface area contributed by atoms with Gasteiger partial charge in [-0.05, 0) is 42.0 Å². The molecule has 0 spiro atoms. The molecule has 3 aromatic rings. The molecule has 3 rings (SSSR count). The van der Waals surface area contributed by atoms with E-state index in [9.17, 15) is 9.59 Å². The number of likely N-dealkylation sites (N-methyl/N-ethyl adjacent to an activating group) is 1. The predicted octanol–water partition coefficient (Wildman–Crippen LogP) is 3.44. The molecular formula is C23H23NO6. The minimum absolute atomic E-state index is 0.292. The molecule has 2 aromatic carbocycles. The normalized spacial score (nSPS) is 10.3. The maximum absolute atomic E-state index is 12.0. The SMILES string of the molecule is CN(Cc1ccco1)C(=O)COC(=O)COc1ccc(OCc2ccccc2)cc1. The maximum Gasteiger partial charge on any atom is 0.344 e. The highest BCUT2D eigenvalue weighted by Gasteiger charge is 2.14. The van der Waals surface area contributed by atoms with Crippen molar-refractivity contribution in [1.29, 1.82) is 0 Å². The highest BCUT2D eigenvalue weighted by molar-refractivity contribution is 5.80. The third kappa shape index (κ3) is 6.70. The van der Waals surface area contributed by atoms with Gasteiger partial charge in [0.1, 0.15) is 23.9 Å². The first-order valence-corrected chi connectivity index (χ1v) is 9.42. The van der Waals surface area contributed by atoms with Crippen LogP contribution in [0.15, 0.2) is 77.4 Å². The summed E-state index contributed by atoms with van der Waals surface area (Å²) in [7, 11) is 1.61. The molecule has 0 N–H and O–H groups in total. The van der Waals surface area contributed by atoms with Gasteiger partial charge >= 0.3 is 5.97 Å². The van der Waals surface area contributed by atoms with Crippen molar-refractivity contribution in [3.05, 3.63) is 84.3 Å². The Balaban J connectivity index is 1.35. The highest BCUT2D eigenvalue weighted by Crippen LogP contribution is 2.18. The van der Waals surface area contributed by atoms with E-state index in [2.05, 4.69) is 0 Å². The van der Waals surface area contributed by atoms with Crippen LogP contribution in [-0.4, -0.2) is 37.0 Å². The number of hydrogen-bond donors (Lipinski definition) is 0. The number of esters is 1. The Bertz CT molecular complexity index is 922. The first kappa shape index (κ1) is 21.0. The lowest BCUT2D eigenvalue weighted by Crippen LogP contribution is -2.31. The highest BCUT2D eigenvalue weighted by atomic mass is 16.6. The number of furan rings is 1. The van der Waals surface area contributed by atoms with E-state index < -0.39 is 5.97 Å². The molecule has 0 aliphatic rings. The molecule has 0 atom stereocenters. The van der Waals surface area contributed by atoms with Gasteiger partial charge in [0.15, 0.2) is 13.2 Å². The summed E-state index contributed by atoms with van der Waals surface area (Å²) in [6.07, 6.45) is 1.53. The van der Waals surface area contributed by atoms with Crippen LogP contribution in [0.25, 0.3) is 0 Å². The topological polar surface area (TPSA) is 78.2 Å². The van der Waals surface area contributed by atoms with Crippen molar-refractivity contribution >= 4 is 11.9 Å². The van der Waals surface area contributed by atoms with E-state index in [1.807, 2.05) is 30.3 Å². The van der Waals surface area contributed by atoms with Crippen molar-refractivity contribution in [2.75, 3.05) is 20.3 Å². The zero-order valence-electron chi connectivity index (χ0n) is 16.7. The molecule has 0 aliphatic carbocycles. The molecule has 0 bridgehead atoms. The van der Waals surface area contributed by atoms with Gasteiger partial charge in [-0.25, -0.2) is 4.79 Å². The number of carbonyl (C=O) groups excluding carboxylic acids is 2. The standard InChI is InChI=1S/C23H23NO6/c1-24(14-21-8-5-13-27-21)22(25)16-30-23(26)17-29-20-11-9-19(10-12-20)28-15-18-6-3-2-4-7-18/h2-13H,14-17H2,1H3. The molecule has 1 aromatic heterocycles. The quantitative estimate of drug-likeness (QED) is 0.478. The molecule has 156 valence electrons. The molecule has 0 unspecified atom stereocenters. The molecule has 7 heteroatoms. The maximum atomic E-state index is 12.0. The average Bonchev–Trinajstić information content (AvgIpc) is 3.29. The van der Waals surface area contributed by atoms with Crippen LogP contribution in [0, 0.1) is 0 Å². The fourth-order valence-electron chi connectivity index (χ4n) is 2.53. The van der Waals surface area contributed by atoms with Gasteiger partial charge in [0.05, 0.1) is 12.8 Å². The van der Waals surface area contributed by atoms with E-state index in [-0.39, 0.29) is 19.1 Å². The van der Waals surface area contributed by atoms with E-state index in [1.54, 1.807) is 43.4 Å². The first-order valence-electron chi connectivity index (χ1n) is 9.42. The minimum Gasteiger partial charge on any atom is -0.489 e. The monoisotopic (exact) mass is 409 g/mol. The summed E-state index contributed by atoms with van der Waals surface area (Å²) in [4.78, 5) is 25.2. The van der Waals surface area contributed by atoms with E-state index in [0.29, 0.717) is 30.4 Å². The predicted molar refractivity (Wildman–Crippen MR) is 109 cm³/mol. The van der Waals surface area contributed by atoms with Crippen molar-refractivity contribution in [2.24, 2.45) is 0 Å². The lowest BCUT2D eigenvalue weighted by molar-refractivity contribution is -0.153. The van der Waals surface area contributed by atoms with Crippen LogP contribution in [0.1, 0.15) is 11.3 Å². The minimum atomic E-state index is -0.626. The number of hydrogen-bond acceptors (Lipinski definition) is 6. The lowest BCUT2D eigenvalue weighted by Gasteiger charge is -2.15. The number of benzene rings is 2. The van der Waals surface area contributed by atoms with Crippen molar-refractivity contribution < 1.29 is 28.2 Å². The lowest BCUT2D eigenvalue weighted by atomic mass is 10.2. The summed E-state index contributed by atoms with van der Waals surface area (Å²) in [6.45, 7) is 0.124. The van der Waals surface area contributed by atoms with Gasteiger partial charge in [-0.15, -0.1) is 0 Å². The van der Waals surface area contributed by atoms with Crippen LogP contribution < -0.4 is 9.47 Å². The number of nitrogens with zero attached hydrogens (tertiary/aromatic N) is 1. The second kappa shape index (κ2) is 10.7. The number of ether oxygens (including phenoxy) is 3. The second-order valence-electron chi connectivity index (χ2n) is 6.52. The van der Waals surface area contributed by atoms with Crippen LogP contribution in [0.3, 0.4) is 0 Å². The fourth-order valence-corrected chi connectivity index (χ4v) is 2.53. The third-order valence-electron chi connectivity index (χ3n) is 4.18. The van der Waals surface area contributed by atoms with Crippen molar-refractivity contribution in [2.45, 2.75) is 13.2 Å². The molecule has 0 aliphatic heterocycles. The molecule has 30 heavy (non-hydrogen) atoms. The average molecular weight is 409 g/mol. The summed E-state index contributed by atoms with van der Waals surface area (Å²) >= 11 is 0. The van der Waals surface area contributed by atoms with E-state index in [4.69, 9.17) is 18.6 Å². The van der Waals surface area contributed by atoms with Gasteiger partial charge in [0.25, 0.3) is 5.91 Å². The Hall–Kier alpha value is -3.74. The van der Waals surface area contributed by atoms with E-state index in [0.717, 1.165) is 5.56 Å². The van der Waals surface area contributed by atoms with Gasteiger partial charge in [0, 0.05) is 7.05 Å². The molecule has 1 amide bonds. The van der Waals surface area contributed by atoms with Crippen LogP contribution in [-0.2, 0) is 27.5 Å². The van der Waals surface area contributed by atoms with E-state index >= 15 is 0 Å². The fraction of sp³-hybridized carbons (Fsp3) is 0.217. The Kier molecular flexibility index (Phi) is 7.49. The summed E-state index contributed by atoms with van der Waals surface area (Å²) in [5, 5.41) is 0. The largest absolute Gasteiger partial charge is 0.489 e. The van der Waals surface area contributed by atoms with Crippen molar-refractivity contribution in [3.63, 3.8) is 0 Å². The van der Waals surface area contributed by atoms with Crippen LogP contribution in [0.2, 0.25) is 0 Å². The molecule has 0 radical (unpaired) electrons. The van der Waals surface area contributed by atoms with Gasteiger partial charge in [-0.2, -0.15) is 0 Å². The molecule has 1 heterocycles. The Labute approximate surface area is 174 Å². The van der Waals surface area contributed by atoms with Crippen LogP contribution in [0.4, 0.5) is 0 Å². The van der Waals surface area contributed by atoms with Crippen LogP contribution in [0.5, 0.6) is 11.5 Å². The number of rotatable bonds is 10. The van der Waals surface area contributed by atoms with Gasteiger partial charge < -0.3 is 23.5 Å². The number of amides is 1. The summed E-state index contributed by atoms with van der Waals surface area (Å²) in [5.41, 5.74) is 1.07. The zero-order valence-corrected chi connectivity index (χ0v) is 16.7. The zero-order chi connectivity index (χ0) is 21.2. The number of carbonyl (C=O) groups is 2. The van der Waals surface area contributed by atoms with Gasteiger partial charge in [0.2, 0.25) is 0 Å². The summed E-state index contributed by atoms with van der Waals surface area (Å²) < 4.78 is 21.2. The van der Waals surface area contributed by atoms with Crippen LogP contribution >= 0.6 is 0 Å². The first-order chi connectivity index (χ1) is 14.6. The van der Waals surface area contributed by atoms with E-state index in [1.165, 1.54) is 11.2 Å². The Morgan fingerprint density at radius 3 is 2.23 bits per heavy atom. The van der Waals surface area contributed by atoms with Crippen molar-refractivity contribution in [1.82, 2.24) is 4.90 Å².